The molecule has 1 N–H and O–H groups in total. The summed E-state index contributed by atoms with van der Waals surface area (Å²) in [6.45, 7) is 7.15. The number of hydrogen-bond acceptors (Lipinski definition) is 2. The molecule has 3 heteroatoms. The van der Waals surface area contributed by atoms with Crippen molar-refractivity contribution in [3.05, 3.63) is 11.6 Å². The van der Waals surface area contributed by atoms with Gasteiger partial charge in [-0.15, -0.1) is 0 Å². The standard InChI is InChI=1S/C24H36O3/c1-15(14-21(25)22(26)27)18-9-10-19-17-8-7-16-6-4-5-12-23(16,2)20(17)11-13-24(18,19)3/h6,15,17-20H,4-5,7-14H2,1-3H3,(H,26,27)/t15?,17-,18+,19-,20-,23-,24+/m0/s1. The van der Waals surface area contributed by atoms with Crippen LogP contribution in [0.1, 0.15) is 85.0 Å². The first-order valence-electron chi connectivity index (χ1n) is 11.2. The number of hydrogen-bond donors (Lipinski definition) is 1. The third kappa shape index (κ3) is 2.91. The van der Waals surface area contributed by atoms with Gasteiger partial charge in [0.2, 0.25) is 5.78 Å². The molecule has 4 rings (SSSR count). The number of rotatable bonds is 4. The molecule has 4 aliphatic rings. The van der Waals surface area contributed by atoms with E-state index in [4.69, 9.17) is 5.11 Å². The Labute approximate surface area is 164 Å². The molecule has 0 aliphatic heterocycles. The van der Waals surface area contributed by atoms with Crippen LogP contribution in [0.3, 0.4) is 0 Å². The van der Waals surface area contributed by atoms with Crippen LogP contribution in [0.2, 0.25) is 0 Å². The molecule has 3 fully saturated rings. The summed E-state index contributed by atoms with van der Waals surface area (Å²) in [5.74, 6) is 1.26. The normalized spacial score (nSPS) is 44.5. The highest BCUT2D eigenvalue weighted by Gasteiger charge is 2.59. The molecule has 0 saturated heterocycles. The van der Waals surface area contributed by atoms with Crippen molar-refractivity contribution >= 4 is 11.8 Å². The van der Waals surface area contributed by atoms with Crippen molar-refractivity contribution in [3.8, 4) is 0 Å². The minimum atomic E-state index is -1.26. The number of allylic oxidation sites excluding steroid dienone is 2. The molecule has 3 nitrogen and oxygen atoms in total. The van der Waals surface area contributed by atoms with E-state index in [1.54, 1.807) is 5.57 Å². The number of carboxylic acids is 1. The first-order valence-corrected chi connectivity index (χ1v) is 11.2. The van der Waals surface area contributed by atoms with Gasteiger partial charge in [-0.05, 0) is 98.2 Å². The summed E-state index contributed by atoms with van der Waals surface area (Å²) < 4.78 is 0. The summed E-state index contributed by atoms with van der Waals surface area (Å²) in [6.07, 6.45) is 14.5. The van der Waals surface area contributed by atoms with E-state index >= 15 is 0 Å². The van der Waals surface area contributed by atoms with Gasteiger partial charge in [0.15, 0.2) is 0 Å². The van der Waals surface area contributed by atoms with Crippen molar-refractivity contribution in [2.75, 3.05) is 0 Å². The molecule has 7 atom stereocenters. The molecule has 0 heterocycles. The zero-order valence-corrected chi connectivity index (χ0v) is 17.3. The maximum absolute atomic E-state index is 11.8. The Hall–Kier alpha value is -1.12. The molecule has 0 aromatic heterocycles. The van der Waals surface area contributed by atoms with E-state index in [0.29, 0.717) is 16.7 Å². The molecule has 0 radical (unpaired) electrons. The first kappa shape index (κ1) is 19.2. The largest absolute Gasteiger partial charge is 0.476 e. The van der Waals surface area contributed by atoms with Gasteiger partial charge in [0, 0.05) is 6.42 Å². The van der Waals surface area contributed by atoms with E-state index in [1.807, 2.05) is 0 Å². The fourth-order valence-corrected chi connectivity index (χ4v) is 8.25. The Morgan fingerprint density at radius 2 is 1.93 bits per heavy atom. The Kier molecular flexibility index (Phi) is 4.79. The van der Waals surface area contributed by atoms with E-state index in [0.717, 1.165) is 17.8 Å². The summed E-state index contributed by atoms with van der Waals surface area (Å²) >= 11 is 0. The van der Waals surface area contributed by atoms with Crippen LogP contribution in [0.25, 0.3) is 0 Å². The quantitative estimate of drug-likeness (QED) is 0.513. The van der Waals surface area contributed by atoms with Crippen molar-refractivity contribution in [1.29, 1.82) is 0 Å². The van der Waals surface area contributed by atoms with Gasteiger partial charge >= 0.3 is 5.97 Å². The number of Topliss-reactive ketones (excluding diaryl/α,β-unsaturated/α-hetero) is 1. The predicted molar refractivity (Wildman–Crippen MR) is 106 cm³/mol. The van der Waals surface area contributed by atoms with Crippen LogP contribution in [-0.2, 0) is 9.59 Å². The fourth-order valence-electron chi connectivity index (χ4n) is 8.25. The van der Waals surface area contributed by atoms with Crippen molar-refractivity contribution in [3.63, 3.8) is 0 Å². The van der Waals surface area contributed by atoms with Crippen LogP contribution < -0.4 is 0 Å². The van der Waals surface area contributed by atoms with Crippen LogP contribution in [-0.4, -0.2) is 16.9 Å². The molecule has 0 aromatic carbocycles. The summed E-state index contributed by atoms with van der Waals surface area (Å²) in [5.41, 5.74) is 2.49. The molecule has 0 bridgehead atoms. The van der Waals surface area contributed by atoms with Crippen molar-refractivity contribution < 1.29 is 14.7 Å². The van der Waals surface area contributed by atoms with Gasteiger partial charge < -0.3 is 5.11 Å². The van der Waals surface area contributed by atoms with Crippen LogP contribution in [0.15, 0.2) is 11.6 Å². The summed E-state index contributed by atoms with van der Waals surface area (Å²) in [5, 5.41) is 9.01. The Bertz CT molecular complexity index is 665. The topological polar surface area (TPSA) is 54.4 Å². The highest BCUT2D eigenvalue weighted by Crippen LogP contribution is 2.67. The smallest absolute Gasteiger partial charge is 0.372 e. The molecule has 0 amide bonds. The monoisotopic (exact) mass is 372 g/mol. The van der Waals surface area contributed by atoms with Gasteiger partial charge in [-0.1, -0.05) is 32.4 Å². The SMILES string of the molecule is CC(CC(=O)C(=O)O)[C@H]1CC[C@H]2[C@@H]3CCC4=CCCC[C@]4(C)[C@H]3CC[C@]12C. The van der Waals surface area contributed by atoms with Gasteiger partial charge in [-0.25, -0.2) is 4.79 Å². The lowest BCUT2D eigenvalue weighted by Gasteiger charge is -2.58. The molecular weight excluding hydrogens is 336 g/mol. The minimum absolute atomic E-state index is 0.185. The average Bonchev–Trinajstić information content (AvgIpc) is 2.98. The van der Waals surface area contributed by atoms with Crippen LogP contribution in [0, 0.1) is 40.4 Å². The molecule has 0 spiro atoms. The summed E-state index contributed by atoms with van der Waals surface area (Å²) in [4.78, 5) is 22.8. The lowest BCUT2D eigenvalue weighted by atomic mass is 9.46. The second-order valence-corrected chi connectivity index (χ2v) is 10.6. The molecule has 4 aliphatic carbocycles. The van der Waals surface area contributed by atoms with Gasteiger partial charge in [-0.3, -0.25) is 4.79 Å². The maximum Gasteiger partial charge on any atom is 0.372 e. The number of fused-ring (bicyclic) bond motifs is 5. The second-order valence-electron chi connectivity index (χ2n) is 10.6. The van der Waals surface area contributed by atoms with E-state index in [2.05, 4.69) is 26.8 Å². The third-order valence-electron chi connectivity index (χ3n) is 9.53. The number of aliphatic carboxylic acids is 1. The maximum atomic E-state index is 11.8. The Balaban J connectivity index is 1.55. The Morgan fingerprint density at radius 3 is 2.67 bits per heavy atom. The molecule has 27 heavy (non-hydrogen) atoms. The molecule has 150 valence electrons. The summed E-state index contributed by atoms with van der Waals surface area (Å²) in [6, 6.07) is 0. The fraction of sp³-hybridized carbons (Fsp3) is 0.833. The lowest BCUT2D eigenvalue weighted by molar-refractivity contribution is -0.150. The number of carbonyl (C=O) groups excluding carboxylic acids is 1. The predicted octanol–water partition coefficient (Wildman–Crippen LogP) is 5.64. The van der Waals surface area contributed by atoms with Crippen molar-refractivity contribution in [1.82, 2.24) is 0 Å². The van der Waals surface area contributed by atoms with Gasteiger partial charge in [0.25, 0.3) is 0 Å². The first-order chi connectivity index (χ1) is 12.8. The zero-order valence-electron chi connectivity index (χ0n) is 17.3. The van der Waals surface area contributed by atoms with E-state index < -0.39 is 11.8 Å². The molecule has 3 saturated carbocycles. The second kappa shape index (κ2) is 6.74. The van der Waals surface area contributed by atoms with Gasteiger partial charge in [-0.2, -0.15) is 0 Å². The number of carbonyl (C=O) groups is 2. The molecule has 1 unspecified atom stereocenters. The Morgan fingerprint density at radius 1 is 1.15 bits per heavy atom. The van der Waals surface area contributed by atoms with Crippen molar-refractivity contribution in [2.45, 2.75) is 85.0 Å². The average molecular weight is 373 g/mol. The zero-order chi connectivity index (χ0) is 19.4. The highest BCUT2D eigenvalue weighted by molar-refractivity contribution is 6.32. The van der Waals surface area contributed by atoms with Crippen molar-refractivity contribution in [2.24, 2.45) is 40.4 Å². The van der Waals surface area contributed by atoms with Crippen LogP contribution in [0.5, 0.6) is 0 Å². The minimum Gasteiger partial charge on any atom is -0.476 e. The number of carboxylic acid groups (broad SMARTS) is 1. The van der Waals surface area contributed by atoms with Gasteiger partial charge in [0.1, 0.15) is 0 Å². The van der Waals surface area contributed by atoms with Crippen LogP contribution in [0.4, 0.5) is 0 Å². The third-order valence-corrected chi connectivity index (χ3v) is 9.53. The molecule has 0 aromatic rings. The number of ketones is 1. The van der Waals surface area contributed by atoms with E-state index in [1.165, 1.54) is 57.8 Å². The lowest BCUT2D eigenvalue weighted by Crippen LogP contribution is -2.50. The van der Waals surface area contributed by atoms with Crippen LogP contribution >= 0.6 is 0 Å². The highest BCUT2D eigenvalue weighted by atomic mass is 16.4. The van der Waals surface area contributed by atoms with E-state index in [9.17, 15) is 9.59 Å². The van der Waals surface area contributed by atoms with Gasteiger partial charge in [0.05, 0.1) is 0 Å². The van der Waals surface area contributed by atoms with E-state index in [-0.39, 0.29) is 12.3 Å². The molecular formula is C24H36O3. The summed E-state index contributed by atoms with van der Waals surface area (Å²) in [7, 11) is 0.